The van der Waals surface area contributed by atoms with E-state index in [1.54, 1.807) is 30.3 Å². The number of hydrogen-bond donors (Lipinski definition) is 1. The monoisotopic (exact) mass is 281 g/mol. The summed E-state index contributed by atoms with van der Waals surface area (Å²) in [6, 6.07) is 11.9. The second kappa shape index (κ2) is 5.80. The van der Waals surface area contributed by atoms with Crippen LogP contribution in [0.15, 0.2) is 48.5 Å². The zero-order valence-electron chi connectivity index (χ0n) is 9.74. The van der Waals surface area contributed by atoms with Crippen molar-refractivity contribution in [2.24, 2.45) is 0 Å². The van der Waals surface area contributed by atoms with E-state index in [0.29, 0.717) is 5.56 Å². The summed E-state index contributed by atoms with van der Waals surface area (Å²) in [5.41, 5.74) is 0.787. The first-order valence-electron chi connectivity index (χ1n) is 5.53. The van der Waals surface area contributed by atoms with Gasteiger partial charge in [-0.1, -0.05) is 30.3 Å². The van der Waals surface area contributed by atoms with Crippen LogP contribution < -0.4 is 5.32 Å². The van der Waals surface area contributed by atoms with Crippen molar-refractivity contribution in [3.05, 3.63) is 65.7 Å². The predicted molar refractivity (Wildman–Crippen MR) is 70.0 cm³/mol. The van der Waals surface area contributed by atoms with Gasteiger partial charge < -0.3 is 5.32 Å². The van der Waals surface area contributed by atoms with E-state index in [4.69, 9.17) is 11.6 Å². The van der Waals surface area contributed by atoms with Gasteiger partial charge in [0.25, 0.3) is 0 Å². The van der Waals surface area contributed by atoms with Crippen LogP contribution in [-0.2, 0) is 4.79 Å². The number of amides is 1. The van der Waals surface area contributed by atoms with Crippen LogP contribution in [0.4, 0.5) is 14.5 Å². The van der Waals surface area contributed by atoms with Crippen LogP contribution in [-0.4, -0.2) is 5.91 Å². The van der Waals surface area contributed by atoms with Crippen LogP contribution in [0.3, 0.4) is 0 Å². The van der Waals surface area contributed by atoms with Gasteiger partial charge >= 0.3 is 0 Å². The molecule has 98 valence electrons. The highest BCUT2D eigenvalue weighted by Gasteiger charge is 2.17. The van der Waals surface area contributed by atoms with Gasteiger partial charge in [0.1, 0.15) is 5.38 Å². The second-order valence-corrected chi connectivity index (χ2v) is 4.33. The fourth-order valence-electron chi connectivity index (χ4n) is 1.55. The zero-order valence-corrected chi connectivity index (χ0v) is 10.5. The summed E-state index contributed by atoms with van der Waals surface area (Å²) in [4.78, 5) is 11.8. The fourth-order valence-corrected chi connectivity index (χ4v) is 1.75. The second-order valence-electron chi connectivity index (χ2n) is 3.89. The molecule has 0 aromatic heterocycles. The largest absolute Gasteiger partial charge is 0.324 e. The molecule has 1 N–H and O–H groups in total. The molecule has 0 fully saturated rings. The van der Waals surface area contributed by atoms with E-state index in [1.165, 1.54) is 6.07 Å². The number of anilines is 1. The van der Waals surface area contributed by atoms with Crippen molar-refractivity contribution in [3.8, 4) is 0 Å². The molecule has 19 heavy (non-hydrogen) atoms. The Balaban J connectivity index is 2.10. The summed E-state index contributed by atoms with van der Waals surface area (Å²) >= 11 is 6.00. The molecule has 0 aliphatic heterocycles. The van der Waals surface area contributed by atoms with Crippen molar-refractivity contribution in [1.82, 2.24) is 0 Å². The Morgan fingerprint density at radius 1 is 1.05 bits per heavy atom. The van der Waals surface area contributed by atoms with Crippen molar-refractivity contribution in [3.63, 3.8) is 0 Å². The molecular formula is C14H10ClF2NO. The van der Waals surface area contributed by atoms with Gasteiger partial charge in [-0.05, 0) is 17.7 Å². The standard InChI is InChI=1S/C14H10ClF2NO/c15-13(9-4-2-1-3-5-9)14(19)18-10-6-7-11(16)12(17)8-10/h1-8,13H,(H,18,19). The number of nitrogens with one attached hydrogen (secondary N) is 1. The van der Waals surface area contributed by atoms with Crippen LogP contribution in [0.25, 0.3) is 0 Å². The third-order valence-corrected chi connectivity index (χ3v) is 2.96. The lowest BCUT2D eigenvalue weighted by Gasteiger charge is -2.11. The van der Waals surface area contributed by atoms with Crippen molar-refractivity contribution < 1.29 is 13.6 Å². The van der Waals surface area contributed by atoms with Crippen molar-refractivity contribution in [1.29, 1.82) is 0 Å². The number of carbonyl (C=O) groups is 1. The third-order valence-electron chi connectivity index (χ3n) is 2.51. The van der Waals surface area contributed by atoms with E-state index in [9.17, 15) is 13.6 Å². The Morgan fingerprint density at radius 2 is 1.74 bits per heavy atom. The lowest BCUT2D eigenvalue weighted by Crippen LogP contribution is -2.17. The first-order chi connectivity index (χ1) is 9.08. The highest BCUT2D eigenvalue weighted by molar-refractivity contribution is 6.32. The van der Waals surface area contributed by atoms with Crippen molar-refractivity contribution >= 4 is 23.2 Å². The molecule has 2 rings (SSSR count). The highest BCUT2D eigenvalue weighted by Crippen LogP contribution is 2.22. The molecule has 2 aromatic rings. The maximum Gasteiger partial charge on any atom is 0.246 e. The van der Waals surface area contributed by atoms with Crippen LogP contribution in [0, 0.1) is 11.6 Å². The predicted octanol–water partition coefficient (Wildman–Crippen LogP) is 3.88. The summed E-state index contributed by atoms with van der Waals surface area (Å²) in [6.45, 7) is 0. The van der Waals surface area contributed by atoms with Gasteiger partial charge in [0.15, 0.2) is 11.6 Å². The maximum atomic E-state index is 13.0. The number of hydrogen-bond acceptors (Lipinski definition) is 1. The lowest BCUT2D eigenvalue weighted by molar-refractivity contribution is -0.116. The Bertz CT molecular complexity index is 589. The van der Waals surface area contributed by atoms with Gasteiger partial charge in [-0.15, -0.1) is 11.6 Å². The smallest absolute Gasteiger partial charge is 0.246 e. The van der Waals surface area contributed by atoms with E-state index >= 15 is 0 Å². The molecule has 0 aliphatic carbocycles. The fraction of sp³-hybridized carbons (Fsp3) is 0.0714. The van der Waals surface area contributed by atoms with Crippen LogP contribution in [0.5, 0.6) is 0 Å². The first kappa shape index (κ1) is 13.5. The van der Waals surface area contributed by atoms with Gasteiger partial charge in [-0.3, -0.25) is 4.79 Å². The Hall–Kier alpha value is -1.94. The van der Waals surface area contributed by atoms with Crippen LogP contribution >= 0.6 is 11.6 Å². The number of halogens is 3. The minimum absolute atomic E-state index is 0.158. The van der Waals surface area contributed by atoms with E-state index in [1.807, 2.05) is 0 Å². The molecule has 0 radical (unpaired) electrons. The van der Waals surface area contributed by atoms with Crippen molar-refractivity contribution in [2.45, 2.75) is 5.38 Å². The van der Waals surface area contributed by atoms with Crippen LogP contribution in [0.2, 0.25) is 0 Å². The first-order valence-corrected chi connectivity index (χ1v) is 5.96. The molecule has 0 bridgehead atoms. The molecule has 0 saturated heterocycles. The van der Waals surface area contributed by atoms with Gasteiger partial charge in [0, 0.05) is 11.8 Å². The molecule has 2 aromatic carbocycles. The van der Waals surface area contributed by atoms with Gasteiger partial charge in [-0.25, -0.2) is 8.78 Å². The average molecular weight is 282 g/mol. The summed E-state index contributed by atoms with van der Waals surface area (Å²) in [5.74, 6) is -2.49. The normalized spacial score (nSPS) is 11.9. The summed E-state index contributed by atoms with van der Waals surface area (Å²) < 4.78 is 25.7. The summed E-state index contributed by atoms with van der Waals surface area (Å²) in [6.07, 6.45) is 0. The number of carbonyl (C=O) groups excluding carboxylic acids is 1. The number of benzene rings is 2. The zero-order chi connectivity index (χ0) is 13.8. The average Bonchev–Trinajstić information content (AvgIpc) is 2.43. The van der Waals surface area contributed by atoms with Gasteiger partial charge in [0.05, 0.1) is 0 Å². The van der Waals surface area contributed by atoms with Crippen LogP contribution in [0.1, 0.15) is 10.9 Å². The topological polar surface area (TPSA) is 29.1 Å². The summed E-state index contributed by atoms with van der Waals surface area (Å²) in [5, 5.41) is 1.54. The molecule has 1 amide bonds. The number of rotatable bonds is 3. The van der Waals surface area contributed by atoms with E-state index in [2.05, 4.69) is 5.32 Å². The minimum atomic E-state index is -1.02. The molecule has 2 nitrogen and oxygen atoms in total. The lowest BCUT2D eigenvalue weighted by atomic mass is 10.1. The minimum Gasteiger partial charge on any atom is -0.324 e. The molecule has 0 spiro atoms. The van der Waals surface area contributed by atoms with E-state index in [-0.39, 0.29) is 5.69 Å². The Morgan fingerprint density at radius 3 is 2.37 bits per heavy atom. The van der Waals surface area contributed by atoms with Gasteiger partial charge in [-0.2, -0.15) is 0 Å². The molecule has 0 aliphatic rings. The van der Waals surface area contributed by atoms with Crippen molar-refractivity contribution in [2.75, 3.05) is 5.32 Å². The highest BCUT2D eigenvalue weighted by atomic mass is 35.5. The molecular weight excluding hydrogens is 272 g/mol. The number of alkyl halides is 1. The Labute approximate surface area is 114 Å². The summed E-state index contributed by atoms with van der Waals surface area (Å²) in [7, 11) is 0. The van der Waals surface area contributed by atoms with Gasteiger partial charge in [0.2, 0.25) is 5.91 Å². The van der Waals surface area contributed by atoms with E-state index < -0.39 is 22.9 Å². The molecule has 1 atom stereocenters. The third kappa shape index (κ3) is 3.29. The molecule has 0 heterocycles. The SMILES string of the molecule is O=C(Nc1ccc(F)c(F)c1)C(Cl)c1ccccc1. The quantitative estimate of drug-likeness (QED) is 0.850. The molecule has 5 heteroatoms. The maximum absolute atomic E-state index is 13.0. The Kier molecular flexibility index (Phi) is 4.12. The van der Waals surface area contributed by atoms with E-state index in [0.717, 1.165) is 12.1 Å². The molecule has 0 saturated carbocycles. The molecule has 1 unspecified atom stereocenters.